The van der Waals surface area contributed by atoms with Gasteiger partial charge in [0.05, 0.1) is 9.88 Å². The Morgan fingerprint density at radius 3 is 2.62 bits per heavy atom. The zero-order valence-electron chi connectivity index (χ0n) is 7.32. The Labute approximate surface area is 81.2 Å². The fraction of sp³-hybridized carbons (Fsp3) is 0.444. The van der Waals surface area contributed by atoms with Crippen LogP contribution in [0, 0.1) is 0 Å². The van der Waals surface area contributed by atoms with Crippen molar-refractivity contribution in [3.8, 4) is 0 Å². The molecule has 13 heavy (non-hydrogen) atoms. The highest BCUT2D eigenvalue weighted by molar-refractivity contribution is 7.17. The summed E-state index contributed by atoms with van der Waals surface area (Å²) in [7, 11) is 0. The second kappa shape index (κ2) is 3.38. The van der Waals surface area contributed by atoms with E-state index in [1.54, 1.807) is 12.1 Å². The number of carbonyl (C=O) groups is 1. The fourth-order valence-corrected chi connectivity index (χ4v) is 2.29. The smallest absolute Gasteiger partial charge is 0.263 e. The van der Waals surface area contributed by atoms with Crippen LogP contribution in [0.15, 0.2) is 12.1 Å². The van der Waals surface area contributed by atoms with Crippen LogP contribution in [0.3, 0.4) is 0 Å². The molecule has 1 fully saturated rings. The summed E-state index contributed by atoms with van der Waals surface area (Å²) in [5.41, 5.74) is 5.56. The molecular formula is C9H12N2OS. The van der Waals surface area contributed by atoms with Gasteiger partial charge in [0.15, 0.2) is 0 Å². The number of nitrogens with two attached hydrogens (primary N) is 1. The lowest BCUT2D eigenvalue weighted by molar-refractivity contribution is 0.0797. The number of likely N-dealkylation sites (tertiary alicyclic amines) is 1. The summed E-state index contributed by atoms with van der Waals surface area (Å²) in [4.78, 5) is 14.4. The monoisotopic (exact) mass is 196 g/mol. The normalized spacial score (nSPS) is 16.5. The van der Waals surface area contributed by atoms with Gasteiger partial charge >= 0.3 is 0 Å². The standard InChI is InChI=1S/C9H12N2OS/c10-8-4-3-7(13-8)9(12)11-5-1-2-6-11/h3-4H,1-2,5-6,10H2. The first-order valence-corrected chi connectivity index (χ1v) is 5.23. The molecule has 1 amide bonds. The molecule has 2 N–H and O–H groups in total. The molecule has 0 atom stereocenters. The lowest BCUT2D eigenvalue weighted by Gasteiger charge is -2.13. The number of hydrogen-bond donors (Lipinski definition) is 1. The molecule has 0 aliphatic carbocycles. The summed E-state index contributed by atoms with van der Waals surface area (Å²) in [6.07, 6.45) is 2.26. The Bertz CT molecular complexity index is 315. The number of thiophene rings is 1. The van der Waals surface area contributed by atoms with E-state index in [2.05, 4.69) is 0 Å². The summed E-state index contributed by atoms with van der Waals surface area (Å²) in [5.74, 6) is 0.138. The van der Waals surface area contributed by atoms with Gasteiger partial charge in [0, 0.05) is 13.1 Å². The third-order valence-corrected chi connectivity index (χ3v) is 3.13. The topological polar surface area (TPSA) is 46.3 Å². The quantitative estimate of drug-likeness (QED) is 0.741. The van der Waals surface area contributed by atoms with E-state index in [1.807, 2.05) is 4.90 Å². The van der Waals surface area contributed by atoms with Crippen LogP contribution in [0.25, 0.3) is 0 Å². The number of nitrogen functional groups attached to an aromatic ring is 1. The summed E-state index contributed by atoms with van der Waals surface area (Å²) in [6.45, 7) is 1.80. The average molecular weight is 196 g/mol. The molecule has 1 saturated heterocycles. The van der Waals surface area contributed by atoms with Gasteiger partial charge in [-0.1, -0.05) is 0 Å². The molecule has 2 heterocycles. The summed E-state index contributed by atoms with van der Waals surface area (Å²) in [5, 5.41) is 0.711. The fourth-order valence-electron chi connectivity index (χ4n) is 1.54. The van der Waals surface area contributed by atoms with E-state index < -0.39 is 0 Å². The molecule has 3 nitrogen and oxygen atoms in total. The largest absolute Gasteiger partial charge is 0.391 e. The van der Waals surface area contributed by atoms with E-state index >= 15 is 0 Å². The van der Waals surface area contributed by atoms with E-state index in [1.165, 1.54) is 11.3 Å². The number of rotatable bonds is 1. The van der Waals surface area contributed by atoms with Crippen molar-refractivity contribution in [2.45, 2.75) is 12.8 Å². The van der Waals surface area contributed by atoms with Gasteiger partial charge in [0.1, 0.15) is 0 Å². The minimum Gasteiger partial charge on any atom is -0.391 e. The molecule has 0 radical (unpaired) electrons. The minimum atomic E-state index is 0.138. The molecule has 70 valence electrons. The lowest BCUT2D eigenvalue weighted by Crippen LogP contribution is -2.26. The summed E-state index contributed by atoms with van der Waals surface area (Å²) >= 11 is 1.37. The average Bonchev–Trinajstić information content (AvgIpc) is 2.72. The molecule has 0 saturated carbocycles. The SMILES string of the molecule is Nc1ccc(C(=O)N2CCCC2)s1. The van der Waals surface area contributed by atoms with E-state index in [4.69, 9.17) is 5.73 Å². The summed E-state index contributed by atoms with van der Waals surface area (Å²) < 4.78 is 0. The van der Waals surface area contributed by atoms with Crippen LogP contribution in [0.1, 0.15) is 22.5 Å². The van der Waals surface area contributed by atoms with Crippen molar-refractivity contribution in [3.63, 3.8) is 0 Å². The molecule has 0 spiro atoms. The van der Waals surface area contributed by atoms with Crippen molar-refractivity contribution in [2.75, 3.05) is 18.8 Å². The second-order valence-corrected chi connectivity index (χ2v) is 4.32. The molecule has 1 aliphatic heterocycles. The van der Waals surface area contributed by atoms with Gasteiger partial charge in [-0.3, -0.25) is 4.79 Å². The first-order valence-electron chi connectivity index (χ1n) is 4.42. The third-order valence-electron chi connectivity index (χ3n) is 2.23. The number of anilines is 1. The Morgan fingerprint density at radius 2 is 2.08 bits per heavy atom. The molecule has 0 aromatic carbocycles. The van der Waals surface area contributed by atoms with E-state index in [0.29, 0.717) is 5.00 Å². The molecular weight excluding hydrogens is 184 g/mol. The first kappa shape index (κ1) is 8.56. The van der Waals surface area contributed by atoms with Gasteiger partial charge < -0.3 is 10.6 Å². The van der Waals surface area contributed by atoms with Gasteiger partial charge in [-0.2, -0.15) is 0 Å². The van der Waals surface area contributed by atoms with Crippen LogP contribution >= 0.6 is 11.3 Å². The number of hydrogen-bond acceptors (Lipinski definition) is 3. The van der Waals surface area contributed by atoms with Gasteiger partial charge in [-0.05, 0) is 25.0 Å². The molecule has 0 bridgehead atoms. The Morgan fingerprint density at radius 1 is 1.38 bits per heavy atom. The third kappa shape index (κ3) is 1.67. The van der Waals surface area contributed by atoms with Crippen LogP contribution in [0.5, 0.6) is 0 Å². The summed E-state index contributed by atoms with van der Waals surface area (Å²) in [6, 6.07) is 3.59. The predicted octanol–water partition coefficient (Wildman–Crippen LogP) is 1.57. The van der Waals surface area contributed by atoms with Gasteiger partial charge in [0.2, 0.25) is 0 Å². The lowest BCUT2D eigenvalue weighted by atomic mass is 10.4. The van der Waals surface area contributed by atoms with E-state index in [0.717, 1.165) is 30.8 Å². The number of amides is 1. The van der Waals surface area contributed by atoms with Crippen LogP contribution < -0.4 is 5.73 Å². The number of nitrogens with zero attached hydrogens (tertiary/aromatic N) is 1. The van der Waals surface area contributed by atoms with Crippen molar-refractivity contribution < 1.29 is 4.79 Å². The van der Waals surface area contributed by atoms with Crippen molar-refractivity contribution in [3.05, 3.63) is 17.0 Å². The molecule has 1 aliphatic rings. The second-order valence-electron chi connectivity index (χ2n) is 3.20. The molecule has 0 unspecified atom stereocenters. The van der Waals surface area contributed by atoms with Gasteiger partial charge in [-0.25, -0.2) is 0 Å². The van der Waals surface area contributed by atoms with Crippen LogP contribution in [0.4, 0.5) is 5.00 Å². The van der Waals surface area contributed by atoms with Gasteiger partial charge in [-0.15, -0.1) is 11.3 Å². The van der Waals surface area contributed by atoms with E-state index in [-0.39, 0.29) is 5.91 Å². The molecule has 2 rings (SSSR count). The maximum Gasteiger partial charge on any atom is 0.263 e. The molecule has 1 aromatic heterocycles. The van der Waals surface area contributed by atoms with E-state index in [9.17, 15) is 4.79 Å². The predicted molar refractivity (Wildman–Crippen MR) is 53.9 cm³/mol. The van der Waals surface area contributed by atoms with Crippen molar-refractivity contribution in [1.29, 1.82) is 0 Å². The first-order chi connectivity index (χ1) is 6.27. The van der Waals surface area contributed by atoms with Crippen molar-refractivity contribution in [2.24, 2.45) is 0 Å². The molecule has 1 aromatic rings. The van der Waals surface area contributed by atoms with Crippen LogP contribution in [-0.4, -0.2) is 23.9 Å². The Kier molecular flexibility index (Phi) is 2.22. The van der Waals surface area contributed by atoms with Crippen LogP contribution in [0.2, 0.25) is 0 Å². The zero-order valence-corrected chi connectivity index (χ0v) is 8.14. The van der Waals surface area contributed by atoms with Gasteiger partial charge in [0.25, 0.3) is 5.91 Å². The Hall–Kier alpha value is -1.03. The highest BCUT2D eigenvalue weighted by atomic mass is 32.1. The minimum absolute atomic E-state index is 0.138. The van der Waals surface area contributed by atoms with Crippen molar-refractivity contribution in [1.82, 2.24) is 4.90 Å². The maximum atomic E-state index is 11.7. The number of carbonyl (C=O) groups excluding carboxylic acids is 1. The van der Waals surface area contributed by atoms with Crippen LogP contribution in [-0.2, 0) is 0 Å². The zero-order chi connectivity index (χ0) is 9.26. The highest BCUT2D eigenvalue weighted by Gasteiger charge is 2.20. The molecule has 4 heteroatoms. The highest BCUT2D eigenvalue weighted by Crippen LogP contribution is 2.21. The van der Waals surface area contributed by atoms with Crippen molar-refractivity contribution >= 4 is 22.2 Å². The maximum absolute atomic E-state index is 11.7. The Balaban J connectivity index is 2.12.